The van der Waals surface area contributed by atoms with E-state index >= 15 is 0 Å². The first-order valence-corrected chi connectivity index (χ1v) is 5.46. The molecule has 0 aliphatic carbocycles. The van der Waals surface area contributed by atoms with Gasteiger partial charge >= 0.3 is 0 Å². The average molecular weight is 215 g/mol. The Morgan fingerprint density at radius 2 is 2.06 bits per heavy atom. The fourth-order valence-electron chi connectivity index (χ4n) is 1.84. The molecule has 2 N–H and O–H groups in total. The number of benzene rings is 1. The van der Waals surface area contributed by atoms with Crippen LogP contribution in [0.3, 0.4) is 0 Å². The molecule has 2 rings (SSSR count). The van der Waals surface area contributed by atoms with Gasteiger partial charge in [-0.3, -0.25) is 0 Å². The summed E-state index contributed by atoms with van der Waals surface area (Å²) in [4.78, 5) is 7.44. The van der Waals surface area contributed by atoms with Crippen molar-refractivity contribution in [2.75, 3.05) is 7.05 Å². The van der Waals surface area contributed by atoms with Crippen molar-refractivity contribution >= 4 is 0 Å². The molecule has 1 atom stereocenters. The summed E-state index contributed by atoms with van der Waals surface area (Å²) in [5.74, 6) is 0.950. The topological polar surface area (TPSA) is 40.7 Å². The van der Waals surface area contributed by atoms with E-state index in [1.807, 2.05) is 13.2 Å². The second kappa shape index (κ2) is 4.49. The average Bonchev–Trinajstić information content (AvgIpc) is 2.78. The van der Waals surface area contributed by atoms with Gasteiger partial charge in [0.25, 0.3) is 0 Å². The molecule has 0 spiro atoms. The quantitative estimate of drug-likeness (QED) is 0.825. The summed E-state index contributed by atoms with van der Waals surface area (Å²) in [6, 6.07) is 6.64. The maximum atomic E-state index is 4.30. The highest BCUT2D eigenvalue weighted by Gasteiger charge is 2.14. The van der Waals surface area contributed by atoms with Crippen LogP contribution in [0.2, 0.25) is 0 Å². The molecular weight excluding hydrogens is 198 g/mol. The number of hydrogen-bond acceptors (Lipinski definition) is 2. The number of aromatic nitrogens is 2. The van der Waals surface area contributed by atoms with E-state index in [1.165, 1.54) is 16.7 Å². The van der Waals surface area contributed by atoms with Gasteiger partial charge in [-0.25, -0.2) is 4.98 Å². The maximum Gasteiger partial charge on any atom is 0.127 e. The van der Waals surface area contributed by atoms with E-state index < -0.39 is 0 Å². The zero-order valence-corrected chi connectivity index (χ0v) is 9.91. The first kappa shape index (κ1) is 10.9. The van der Waals surface area contributed by atoms with Crippen LogP contribution in [-0.2, 0) is 0 Å². The summed E-state index contributed by atoms with van der Waals surface area (Å²) >= 11 is 0. The summed E-state index contributed by atoms with van der Waals surface area (Å²) < 4.78 is 0. The summed E-state index contributed by atoms with van der Waals surface area (Å²) in [6.07, 6.45) is 3.63. The van der Waals surface area contributed by atoms with Crippen LogP contribution in [0, 0.1) is 13.8 Å². The Bertz CT molecular complexity index is 460. The number of nitrogens with one attached hydrogen (secondary N) is 2. The fraction of sp³-hybridized carbons (Fsp3) is 0.308. The molecule has 84 valence electrons. The molecule has 0 aliphatic heterocycles. The molecule has 3 heteroatoms. The van der Waals surface area contributed by atoms with E-state index in [9.17, 15) is 0 Å². The van der Waals surface area contributed by atoms with Crippen molar-refractivity contribution in [2.45, 2.75) is 19.9 Å². The van der Waals surface area contributed by atoms with E-state index in [4.69, 9.17) is 0 Å². The number of hydrogen-bond donors (Lipinski definition) is 2. The van der Waals surface area contributed by atoms with Crippen molar-refractivity contribution in [1.82, 2.24) is 15.3 Å². The SMILES string of the molecule is CNC(c1ccc(C)c(C)c1)c1ncc[nH]1. The number of imidazole rings is 1. The number of nitrogens with zero attached hydrogens (tertiary/aromatic N) is 1. The Hall–Kier alpha value is -1.61. The highest BCUT2D eigenvalue weighted by molar-refractivity contribution is 5.34. The summed E-state index contributed by atoms with van der Waals surface area (Å²) in [6.45, 7) is 4.26. The molecule has 2 aromatic rings. The molecule has 1 unspecified atom stereocenters. The van der Waals surface area contributed by atoms with Crippen molar-refractivity contribution in [2.24, 2.45) is 0 Å². The standard InChI is InChI=1S/C13H17N3/c1-9-4-5-11(8-10(9)2)12(14-3)13-15-6-7-16-13/h4-8,12,14H,1-3H3,(H,15,16). The van der Waals surface area contributed by atoms with Crippen molar-refractivity contribution < 1.29 is 0 Å². The lowest BCUT2D eigenvalue weighted by Gasteiger charge is -2.15. The van der Waals surface area contributed by atoms with Gasteiger partial charge in [-0.15, -0.1) is 0 Å². The number of H-pyrrole nitrogens is 1. The van der Waals surface area contributed by atoms with Gasteiger partial charge in [0.1, 0.15) is 5.82 Å². The van der Waals surface area contributed by atoms with Gasteiger partial charge in [0.05, 0.1) is 6.04 Å². The molecule has 0 saturated heterocycles. The lowest BCUT2D eigenvalue weighted by atomic mass is 10.0. The van der Waals surface area contributed by atoms with Crippen LogP contribution in [0.25, 0.3) is 0 Å². The second-order valence-corrected chi connectivity index (χ2v) is 4.04. The minimum atomic E-state index is 0.134. The number of rotatable bonds is 3. The third-order valence-corrected chi connectivity index (χ3v) is 2.95. The van der Waals surface area contributed by atoms with E-state index in [2.05, 4.69) is 47.3 Å². The van der Waals surface area contributed by atoms with E-state index in [1.54, 1.807) is 6.20 Å². The van der Waals surface area contributed by atoms with Gasteiger partial charge in [0.15, 0.2) is 0 Å². The molecule has 0 bridgehead atoms. The molecule has 0 radical (unpaired) electrons. The van der Waals surface area contributed by atoms with Crippen LogP contribution in [0.1, 0.15) is 28.6 Å². The smallest absolute Gasteiger partial charge is 0.127 e. The molecule has 1 aromatic heterocycles. The largest absolute Gasteiger partial charge is 0.347 e. The molecule has 3 nitrogen and oxygen atoms in total. The van der Waals surface area contributed by atoms with Gasteiger partial charge < -0.3 is 10.3 Å². The van der Waals surface area contributed by atoms with Crippen molar-refractivity contribution in [3.63, 3.8) is 0 Å². The predicted octanol–water partition coefficient (Wildman–Crippen LogP) is 2.34. The van der Waals surface area contributed by atoms with Gasteiger partial charge in [0.2, 0.25) is 0 Å². The third kappa shape index (κ3) is 1.99. The molecule has 0 amide bonds. The molecule has 0 fully saturated rings. The zero-order valence-electron chi connectivity index (χ0n) is 9.91. The van der Waals surface area contributed by atoms with Crippen LogP contribution in [0.4, 0.5) is 0 Å². The summed E-state index contributed by atoms with van der Waals surface area (Å²) in [5.41, 5.74) is 3.86. The van der Waals surface area contributed by atoms with Gasteiger partial charge in [0, 0.05) is 12.4 Å². The highest BCUT2D eigenvalue weighted by Crippen LogP contribution is 2.20. The highest BCUT2D eigenvalue weighted by atomic mass is 15.0. The van der Waals surface area contributed by atoms with Crippen LogP contribution >= 0.6 is 0 Å². The van der Waals surface area contributed by atoms with Crippen LogP contribution in [-0.4, -0.2) is 17.0 Å². The van der Waals surface area contributed by atoms with Crippen molar-refractivity contribution in [3.05, 3.63) is 53.1 Å². The van der Waals surface area contributed by atoms with E-state index in [0.717, 1.165) is 5.82 Å². The third-order valence-electron chi connectivity index (χ3n) is 2.95. The molecular formula is C13H17N3. The lowest BCUT2D eigenvalue weighted by Crippen LogP contribution is -2.19. The zero-order chi connectivity index (χ0) is 11.5. The van der Waals surface area contributed by atoms with Crippen LogP contribution in [0.5, 0.6) is 0 Å². The minimum absolute atomic E-state index is 0.134. The Morgan fingerprint density at radius 1 is 1.25 bits per heavy atom. The molecule has 16 heavy (non-hydrogen) atoms. The lowest BCUT2D eigenvalue weighted by molar-refractivity contribution is 0.654. The Balaban J connectivity index is 2.37. The van der Waals surface area contributed by atoms with Gasteiger partial charge in [-0.2, -0.15) is 0 Å². The fourth-order valence-corrected chi connectivity index (χ4v) is 1.84. The number of aryl methyl sites for hydroxylation is 2. The summed E-state index contributed by atoms with van der Waals surface area (Å²) in [7, 11) is 1.95. The van der Waals surface area contributed by atoms with E-state index in [-0.39, 0.29) is 6.04 Å². The monoisotopic (exact) mass is 215 g/mol. The second-order valence-electron chi connectivity index (χ2n) is 4.04. The Kier molecular flexibility index (Phi) is 3.06. The van der Waals surface area contributed by atoms with Crippen molar-refractivity contribution in [3.8, 4) is 0 Å². The predicted molar refractivity (Wildman–Crippen MR) is 65.4 cm³/mol. The normalized spacial score (nSPS) is 12.7. The molecule has 1 heterocycles. The first-order chi connectivity index (χ1) is 7.72. The molecule has 0 aliphatic rings. The van der Waals surface area contributed by atoms with E-state index in [0.29, 0.717) is 0 Å². The van der Waals surface area contributed by atoms with Crippen molar-refractivity contribution in [1.29, 1.82) is 0 Å². The van der Waals surface area contributed by atoms with Gasteiger partial charge in [-0.05, 0) is 37.6 Å². The Labute approximate surface area is 95.9 Å². The van der Waals surface area contributed by atoms with Gasteiger partial charge in [-0.1, -0.05) is 18.2 Å². The minimum Gasteiger partial charge on any atom is -0.347 e. The van der Waals surface area contributed by atoms with Crippen LogP contribution < -0.4 is 5.32 Å². The molecule has 0 saturated carbocycles. The summed E-state index contributed by atoms with van der Waals surface area (Å²) in [5, 5.41) is 3.27. The number of aromatic amines is 1. The molecule has 1 aromatic carbocycles. The van der Waals surface area contributed by atoms with Crippen LogP contribution in [0.15, 0.2) is 30.6 Å². The Morgan fingerprint density at radius 3 is 2.62 bits per heavy atom. The maximum absolute atomic E-state index is 4.30. The first-order valence-electron chi connectivity index (χ1n) is 5.46.